The Bertz CT molecular complexity index is 734. The van der Waals surface area contributed by atoms with E-state index in [9.17, 15) is 83.6 Å². The molecule has 0 amide bonds. The summed E-state index contributed by atoms with van der Waals surface area (Å²) in [6, 6.07) is 0. The van der Waals surface area contributed by atoms with E-state index in [0.717, 1.165) is 0 Å². The third kappa shape index (κ3) is 18.9. The van der Waals surface area contributed by atoms with Crippen LogP contribution in [0.4, 0.5) is 79.0 Å². The monoisotopic (exact) mass is 674 g/mol. The van der Waals surface area contributed by atoms with Gasteiger partial charge in [-0.15, -0.1) is 0 Å². The van der Waals surface area contributed by atoms with Crippen LogP contribution in [0.15, 0.2) is 0 Å². The van der Waals surface area contributed by atoms with Crippen molar-refractivity contribution in [1.82, 2.24) is 0 Å². The number of phosphoric acid groups is 1. The molecule has 0 fully saturated rings. The highest BCUT2D eigenvalue weighted by Crippen LogP contribution is 2.63. The van der Waals surface area contributed by atoms with Gasteiger partial charge in [-0.25, -0.2) is 4.57 Å². The van der Waals surface area contributed by atoms with Gasteiger partial charge >= 0.3 is 44.9 Å². The van der Waals surface area contributed by atoms with Crippen molar-refractivity contribution >= 4 is 7.82 Å². The van der Waals surface area contributed by atoms with E-state index in [1.807, 2.05) is 0 Å². The third-order valence-electron chi connectivity index (χ3n) is 4.44. The fourth-order valence-electron chi connectivity index (χ4n) is 3.79. The van der Waals surface area contributed by atoms with Gasteiger partial charge in [0.2, 0.25) is 0 Å². The summed E-state index contributed by atoms with van der Waals surface area (Å²) < 4.78 is 260. The van der Waals surface area contributed by atoms with E-state index >= 15 is 0 Å². The molecule has 248 valence electrons. The number of alkyl halides is 18. The summed E-state index contributed by atoms with van der Waals surface area (Å²) in [7, 11) is -7.10. The summed E-state index contributed by atoms with van der Waals surface area (Å²) in [6.45, 7) is -0.658. The Morgan fingerprint density at radius 2 is 0.488 bits per heavy atom. The van der Waals surface area contributed by atoms with Gasteiger partial charge in [-0.2, -0.15) is 79.0 Å². The fourth-order valence-corrected chi connectivity index (χ4v) is 5.91. The number of hydrogen-bond acceptors (Lipinski definition) is 4. The summed E-state index contributed by atoms with van der Waals surface area (Å²) in [4.78, 5) is 0. The van der Waals surface area contributed by atoms with Crippen LogP contribution in [0.2, 0.25) is 0 Å². The molecule has 0 radical (unpaired) electrons. The Kier molecular flexibility index (Phi) is 11.8. The van der Waals surface area contributed by atoms with Crippen LogP contribution in [0.25, 0.3) is 0 Å². The van der Waals surface area contributed by atoms with Crippen molar-refractivity contribution in [1.29, 1.82) is 0 Å². The number of halogens is 18. The summed E-state index contributed by atoms with van der Waals surface area (Å²) in [5.74, 6) is 0. The molecule has 0 aromatic rings. The van der Waals surface area contributed by atoms with Crippen LogP contribution >= 0.6 is 7.82 Å². The van der Waals surface area contributed by atoms with Crippen molar-refractivity contribution in [2.24, 2.45) is 0 Å². The zero-order valence-corrected chi connectivity index (χ0v) is 21.5. The average molecular weight is 674 g/mol. The standard InChI is InChI=1S/C18H21F18O4P/c1-10(4-13(19,20)21,5-14(22,23)24)38-41(37,39-11(2,6-15(25,26)27)7-16(28,29)30)40-12(3,8-17(31,32)33)9-18(34,35)36/h4-9H2,1-3H3. The Balaban J connectivity index is 7.27. The molecule has 0 heterocycles. The maximum absolute atomic E-state index is 13.3. The van der Waals surface area contributed by atoms with Crippen LogP contribution in [0.5, 0.6) is 0 Å². The van der Waals surface area contributed by atoms with Crippen LogP contribution in [-0.2, 0) is 18.1 Å². The second kappa shape index (κ2) is 12.1. The highest BCUT2D eigenvalue weighted by Gasteiger charge is 2.59. The Morgan fingerprint density at radius 3 is 0.585 bits per heavy atom. The van der Waals surface area contributed by atoms with Gasteiger partial charge in [-0.3, -0.25) is 13.6 Å². The van der Waals surface area contributed by atoms with E-state index < -0.39 is 100 Å². The molecule has 0 atom stereocenters. The SMILES string of the molecule is CC(CC(F)(F)F)(CC(F)(F)F)OP(=O)(OC(C)(CC(F)(F)F)CC(F)(F)F)OC(C)(CC(F)(F)F)CC(F)(F)F. The molecule has 41 heavy (non-hydrogen) atoms. The van der Waals surface area contributed by atoms with Crippen LogP contribution in [0.1, 0.15) is 59.3 Å². The summed E-state index contributed by atoms with van der Waals surface area (Å²) in [5, 5.41) is 0. The minimum Gasteiger partial charge on any atom is -0.280 e. The van der Waals surface area contributed by atoms with Crippen molar-refractivity contribution < 1.29 is 97.2 Å². The van der Waals surface area contributed by atoms with Crippen LogP contribution in [0, 0.1) is 0 Å². The minimum atomic E-state index is -7.10. The van der Waals surface area contributed by atoms with E-state index in [4.69, 9.17) is 0 Å². The van der Waals surface area contributed by atoms with E-state index in [1.165, 1.54) is 0 Å². The molecule has 0 saturated heterocycles. The smallest absolute Gasteiger partial charge is 0.280 e. The largest absolute Gasteiger partial charge is 0.476 e. The van der Waals surface area contributed by atoms with Crippen LogP contribution in [-0.4, -0.2) is 53.9 Å². The zero-order chi connectivity index (χ0) is 33.4. The normalized spacial score (nSPS) is 15.9. The molecule has 0 aromatic carbocycles. The molecule has 0 aliphatic carbocycles. The van der Waals surface area contributed by atoms with Gasteiger partial charge in [0.1, 0.15) is 0 Å². The Labute approximate surface area is 219 Å². The molecule has 0 aromatic heterocycles. The molecule has 0 rings (SSSR count). The van der Waals surface area contributed by atoms with Gasteiger partial charge in [0.15, 0.2) is 0 Å². The summed E-state index contributed by atoms with van der Waals surface area (Å²) >= 11 is 0. The average Bonchev–Trinajstić information content (AvgIpc) is 2.37. The molecule has 0 unspecified atom stereocenters. The van der Waals surface area contributed by atoms with Gasteiger partial charge in [0.05, 0.1) is 55.3 Å². The number of phosphoric ester groups is 1. The lowest BCUT2D eigenvalue weighted by Gasteiger charge is -2.41. The quantitative estimate of drug-likeness (QED) is 0.153. The second-order valence-electron chi connectivity index (χ2n) is 9.82. The summed E-state index contributed by atoms with van der Waals surface area (Å²) in [5.41, 5.74) is -12.2. The number of hydrogen-bond donors (Lipinski definition) is 0. The first kappa shape index (κ1) is 39.8. The van der Waals surface area contributed by atoms with Gasteiger partial charge in [0.25, 0.3) is 0 Å². The van der Waals surface area contributed by atoms with Crippen molar-refractivity contribution in [2.45, 2.75) is 113 Å². The predicted molar refractivity (Wildman–Crippen MR) is 100 cm³/mol. The first-order valence-electron chi connectivity index (χ1n) is 10.5. The van der Waals surface area contributed by atoms with Crippen LogP contribution in [0.3, 0.4) is 0 Å². The van der Waals surface area contributed by atoms with Crippen molar-refractivity contribution in [2.75, 3.05) is 0 Å². The summed E-state index contributed by atoms with van der Waals surface area (Å²) in [6.07, 6.45) is -51.8. The molecule has 0 N–H and O–H groups in total. The maximum atomic E-state index is 13.3. The van der Waals surface area contributed by atoms with E-state index in [1.54, 1.807) is 0 Å². The zero-order valence-electron chi connectivity index (χ0n) is 20.6. The minimum absolute atomic E-state index is 0.219. The first-order chi connectivity index (χ1) is 17.4. The number of rotatable bonds is 12. The third-order valence-corrected chi connectivity index (χ3v) is 6.44. The van der Waals surface area contributed by atoms with Crippen molar-refractivity contribution in [3.8, 4) is 0 Å². The van der Waals surface area contributed by atoms with Gasteiger partial charge < -0.3 is 0 Å². The van der Waals surface area contributed by atoms with Gasteiger partial charge in [-0.05, 0) is 20.8 Å². The van der Waals surface area contributed by atoms with Gasteiger partial charge in [0, 0.05) is 0 Å². The van der Waals surface area contributed by atoms with E-state index in [-0.39, 0.29) is 20.8 Å². The fraction of sp³-hybridized carbons (Fsp3) is 1.00. The molecule has 0 bridgehead atoms. The highest BCUT2D eigenvalue weighted by atomic mass is 31.2. The first-order valence-corrected chi connectivity index (χ1v) is 11.9. The molecule has 4 nitrogen and oxygen atoms in total. The van der Waals surface area contributed by atoms with Gasteiger partial charge in [-0.1, -0.05) is 0 Å². The molecule has 0 spiro atoms. The van der Waals surface area contributed by atoms with Crippen molar-refractivity contribution in [3.63, 3.8) is 0 Å². The lowest BCUT2D eigenvalue weighted by molar-refractivity contribution is -0.229. The topological polar surface area (TPSA) is 44.8 Å². The molecule has 0 aliphatic rings. The van der Waals surface area contributed by atoms with E-state index in [0.29, 0.717) is 0 Å². The maximum Gasteiger partial charge on any atom is 0.476 e. The highest BCUT2D eigenvalue weighted by molar-refractivity contribution is 7.48. The molecule has 0 aliphatic heterocycles. The lowest BCUT2D eigenvalue weighted by Crippen LogP contribution is -2.44. The molecule has 0 saturated carbocycles. The molecular formula is C18H21F18O4P. The van der Waals surface area contributed by atoms with Crippen LogP contribution < -0.4 is 0 Å². The lowest BCUT2D eigenvalue weighted by atomic mass is 9.97. The second-order valence-corrected chi connectivity index (χ2v) is 11.3. The van der Waals surface area contributed by atoms with Crippen molar-refractivity contribution in [3.05, 3.63) is 0 Å². The molecular weight excluding hydrogens is 653 g/mol. The molecule has 23 heteroatoms. The van der Waals surface area contributed by atoms with E-state index in [2.05, 4.69) is 13.6 Å². The Hall–Kier alpha value is -1.15. The Morgan fingerprint density at radius 1 is 0.366 bits per heavy atom. The predicted octanol–water partition coefficient (Wildman–Crippen LogP) is 10.1.